The van der Waals surface area contributed by atoms with Gasteiger partial charge >= 0.3 is 0 Å². The van der Waals surface area contributed by atoms with Crippen molar-refractivity contribution in [1.29, 1.82) is 0 Å². The van der Waals surface area contributed by atoms with E-state index in [1.54, 1.807) is 7.11 Å². The fourth-order valence-corrected chi connectivity index (χ4v) is 1.50. The van der Waals surface area contributed by atoms with Crippen molar-refractivity contribution in [3.8, 4) is 5.88 Å². The maximum atomic E-state index is 5.57. The van der Waals surface area contributed by atoms with Gasteiger partial charge in [-0.2, -0.15) is 0 Å². The van der Waals surface area contributed by atoms with Gasteiger partial charge in [-0.15, -0.1) is 0 Å². The number of hydrogen-bond donors (Lipinski definition) is 2. The second-order valence-corrected chi connectivity index (χ2v) is 5.00. The van der Waals surface area contributed by atoms with Gasteiger partial charge in [0.25, 0.3) is 0 Å². The van der Waals surface area contributed by atoms with Crippen LogP contribution in [0, 0.1) is 5.41 Å². The molecule has 16 heavy (non-hydrogen) atoms. The van der Waals surface area contributed by atoms with Gasteiger partial charge in [-0.3, -0.25) is 11.3 Å². The first-order valence-corrected chi connectivity index (χ1v) is 5.42. The molecule has 0 radical (unpaired) electrons. The zero-order valence-electron chi connectivity index (χ0n) is 10.4. The fraction of sp³-hybridized carbons (Fsp3) is 0.583. The highest BCUT2D eigenvalue weighted by molar-refractivity contribution is 5.19. The van der Waals surface area contributed by atoms with E-state index in [-0.39, 0.29) is 11.5 Å². The number of hydrazine groups is 1. The molecule has 3 N–H and O–H groups in total. The van der Waals surface area contributed by atoms with Crippen LogP contribution in [0.1, 0.15) is 26.3 Å². The Morgan fingerprint density at radius 1 is 1.44 bits per heavy atom. The summed E-state index contributed by atoms with van der Waals surface area (Å²) in [4.78, 5) is 4.18. The largest absolute Gasteiger partial charge is 0.481 e. The Morgan fingerprint density at radius 2 is 2.12 bits per heavy atom. The molecule has 0 fully saturated rings. The van der Waals surface area contributed by atoms with Crippen LogP contribution in [0.5, 0.6) is 5.88 Å². The number of ether oxygens (including phenoxy) is 1. The number of nitrogens with zero attached hydrogens (tertiary/aromatic N) is 1. The maximum absolute atomic E-state index is 5.57. The van der Waals surface area contributed by atoms with Crippen molar-refractivity contribution in [3.63, 3.8) is 0 Å². The number of rotatable bonds is 4. The number of hydrogen-bond acceptors (Lipinski definition) is 4. The fourth-order valence-electron chi connectivity index (χ4n) is 1.50. The van der Waals surface area contributed by atoms with Crippen LogP contribution in [0.3, 0.4) is 0 Å². The van der Waals surface area contributed by atoms with Crippen LogP contribution in [0.4, 0.5) is 0 Å². The highest BCUT2D eigenvalue weighted by Crippen LogP contribution is 2.22. The zero-order chi connectivity index (χ0) is 12.2. The Bertz CT molecular complexity index is 316. The highest BCUT2D eigenvalue weighted by atomic mass is 16.5. The van der Waals surface area contributed by atoms with Crippen LogP contribution in [0.2, 0.25) is 0 Å². The van der Waals surface area contributed by atoms with Crippen molar-refractivity contribution in [2.75, 3.05) is 7.11 Å². The minimum atomic E-state index is 0.120. The number of methoxy groups -OCH3 is 1. The molecule has 90 valence electrons. The SMILES string of the molecule is COc1ccc(CC(NN)C(C)(C)C)cn1. The third-order valence-corrected chi connectivity index (χ3v) is 2.69. The number of aromatic nitrogens is 1. The average Bonchev–Trinajstić information content (AvgIpc) is 2.25. The van der Waals surface area contributed by atoms with E-state index in [0.29, 0.717) is 5.88 Å². The van der Waals surface area contributed by atoms with Crippen molar-refractivity contribution in [2.45, 2.75) is 33.2 Å². The molecule has 0 aromatic carbocycles. The lowest BCUT2D eigenvalue weighted by Gasteiger charge is -2.30. The minimum absolute atomic E-state index is 0.120. The molecule has 1 aromatic rings. The smallest absolute Gasteiger partial charge is 0.212 e. The molecule has 0 aliphatic carbocycles. The van der Waals surface area contributed by atoms with Gasteiger partial charge in [0.05, 0.1) is 7.11 Å². The second-order valence-electron chi connectivity index (χ2n) is 5.00. The average molecular weight is 223 g/mol. The Morgan fingerprint density at radius 3 is 2.50 bits per heavy atom. The molecule has 4 heteroatoms. The quantitative estimate of drug-likeness (QED) is 0.600. The number of nitrogens with two attached hydrogens (primary N) is 1. The van der Waals surface area contributed by atoms with Crippen LogP contribution in [-0.2, 0) is 6.42 Å². The molecule has 1 rings (SSSR count). The van der Waals surface area contributed by atoms with Crippen LogP contribution in [0.15, 0.2) is 18.3 Å². The van der Waals surface area contributed by atoms with Gasteiger partial charge in [-0.25, -0.2) is 4.98 Å². The Kier molecular flexibility index (Phi) is 4.26. The summed E-state index contributed by atoms with van der Waals surface area (Å²) >= 11 is 0. The molecule has 0 saturated heterocycles. The van der Waals surface area contributed by atoms with E-state index in [1.807, 2.05) is 18.3 Å². The molecule has 1 heterocycles. The first-order valence-electron chi connectivity index (χ1n) is 5.42. The molecular weight excluding hydrogens is 202 g/mol. The molecule has 1 unspecified atom stereocenters. The van der Waals surface area contributed by atoms with Gasteiger partial charge in [0.15, 0.2) is 0 Å². The van der Waals surface area contributed by atoms with Gasteiger partial charge in [-0.1, -0.05) is 26.8 Å². The first-order chi connectivity index (χ1) is 7.47. The summed E-state index contributed by atoms with van der Waals surface area (Å²) in [5.74, 6) is 6.20. The Hall–Kier alpha value is -1.13. The van der Waals surface area contributed by atoms with Gasteiger partial charge in [0.2, 0.25) is 5.88 Å². The van der Waals surface area contributed by atoms with E-state index < -0.39 is 0 Å². The number of nitrogens with one attached hydrogen (secondary N) is 1. The Balaban J connectivity index is 2.71. The molecule has 0 saturated carbocycles. The van der Waals surface area contributed by atoms with E-state index in [1.165, 1.54) is 0 Å². The standard InChI is InChI=1S/C12H21N3O/c1-12(2,3)10(15-13)7-9-5-6-11(16-4)14-8-9/h5-6,8,10,15H,7,13H2,1-4H3. The molecule has 0 spiro atoms. The van der Waals surface area contributed by atoms with E-state index in [9.17, 15) is 0 Å². The third kappa shape index (κ3) is 3.47. The summed E-state index contributed by atoms with van der Waals surface area (Å²) in [6.45, 7) is 6.48. The van der Waals surface area contributed by atoms with Crippen molar-refractivity contribution in [3.05, 3.63) is 23.9 Å². The second kappa shape index (κ2) is 5.27. The third-order valence-electron chi connectivity index (χ3n) is 2.69. The summed E-state index contributed by atoms with van der Waals surface area (Å²) in [5, 5.41) is 0. The summed E-state index contributed by atoms with van der Waals surface area (Å²) in [6.07, 6.45) is 2.69. The lowest BCUT2D eigenvalue weighted by atomic mass is 9.84. The lowest BCUT2D eigenvalue weighted by molar-refractivity contribution is 0.268. The molecule has 4 nitrogen and oxygen atoms in total. The van der Waals surface area contributed by atoms with Crippen molar-refractivity contribution >= 4 is 0 Å². The van der Waals surface area contributed by atoms with Gasteiger partial charge in [0.1, 0.15) is 0 Å². The molecular formula is C12H21N3O. The summed E-state index contributed by atoms with van der Waals surface area (Å²) in [7, 11) is 1.61. The molecule has 0 aliphatic heterocycles. The van der Waals surface area contributed by atoms with Crippen molar-refractivity contribution in [2.24, 2.45) is 11.3 Å². The molecule has 0 amide bonds. The minimum Gasteiger partial charge on any atom is -0.481 e. The van der Waals surface area contributed by atoms with E-state index in [2.05, 4.69) is 31.2 Å². The molecule has 1 aromatic heterocycles. The van der Waals surface area contributed by atoms with Crippen molar-refractivity contribution in [1.82, 2.24) is 10.4 Å². The van der Waals surface area contributed by atoms with E-state index in [0.717, 1.165) is 12.0 Å². The van der Waals surface area contributed by atoms with Crippen LogP contribution >= 0.6 is 0 Å². The number of pyridine rings is 1. The topological polar surface area (TPSA) is 60.2 Å². The zero-order valence-corrected chi connectivity index (χ0v) is 10.4. The summed E-state index contributed by atoms with van der Waals surface area (Å²) in [6, 6.07) is 4.11. The first kappa shape index (κ1) is 12.9. The van der Waals surface area contributed by atoms with Crippen LogP contribution < -0.4 is 16.0 Å². The monoisotopic (exact) mass is 223 g/mol. The van der Waals surface area contributed by atoms with Crippen LogP contribution in [0.25, 0.3) is 0 Å². The predicted octanol–water partition coefficient (Wildman–Crippen LogP) is 1.51. The summed E-state index contributed by atoms with van der Waals surface area (Å²) in [5.41, 5.74) is 4.13. The lowest BCUT2D eigenvalue weighted by Crippen LogP contribution is -2.45. The normalized spacial score (nSPS) is 13.6. The Labute approximate surface area is 97.2 Å². The highest BCUT2D eigenvalue weighted by Gasteiger charge is 2.23. The summed E-state index contributed by atoms with van der Waals surface area (Å²) < 4.78 is 5.02. The molecule has 1 atom stereocenters. The molecule has 0 bridgehead atoms. The van der Waals surface area contributed by atoms with Gasteiger partial charge < -0.3 is 4.74 Å². The maximum Gasteiger partial charge on any atom is 0.212 e. The molecule has 0 aliphatic rings. The van der Waals surface area contributed by atoms with Crippen molar-refractivity contribution < 1.29 is 4.74 Å². The van der Waals surface area contributed by atoms with Crippen LogP contribution in [-0.4, -0.2) is 18.1 Å². The van der Waals surface area contributed by atoms with Gasteiger partial charge in [0, 0.05) is 18.3 Å². The predicted molar refractivity (Wildman–Crippen MR) is 65.1 cm³/mol. The van der Waals surface area contributed by atoms with E-state index in [4.69, 9.17) is 10.6 Å². The van der Waals surface area contributed by atoms with Gasteiger partial charge in [-0.05, 0) is 17.4 Å². The van der Waals surface area contributed by atoms with E-state index >= 15 is 0 Å².